The fourth-order valence-electron chi connectivity index (χ4n) is 2.28. The smallest absolute Gasteiger partial charge is 0.307 e. The summed E-state index contributed by atoms with van der Waals surface area (Å²) in [6, 6.07) is 0. The van der Waals surface area contributed by atoms with Gasteiger partial charge in [-0.25, -0.2) is 0 Å². The van der Waals surface area contributed by atoms with Crippen LogP contribution in [0.4, 0.5) is 0 Å². The summed E-state index contributed by atoms with van der Waals surface area (Å²) in [5.74, 6) is -0.180. The minimum Gasteiger partial charge on any atom is -0.481 e. The largest absolute Gasteiger partial charge is 0.481 e. The highest BCUT2D eigenvalue weighted by molar-refractivity contribution is 5.77. The van der Waals surface area contributed by atoms with E-state index < -0.39 is 11.9 Å². The average molecular weight is 224 g/mol. The fraction of sp³-hybridized carbons (Fsp3) is 0.727. The molecule has 2 atom stereocenters. The third kappa shape index (κ3) is 1.60. The highest BCUT2D eigenvalue weighted by Crippen LogP contribution is 2.63. The lowest BCUT2D eigenvalue weighted by molar-refractivity contribution is -0.139. The maximum atomic E-state index is 11.0. The normalized spacial score (nSPS) is 26.7. The predicted molar refractivity (Wildman–Crippen MR) is 55.9 cm³/mol. The first-order valence-electron chi connectivity index (χ1n) is 5.53. The van der Waals surface area contributed by atoms with Crippen LogP contribution in [0.5, 0.6) is 0 Å². The van der Waals surface area contributed by atoms with Gasteiger partial charge in [-0.1, -0.05) is 25.9 Å². The standard InChI is InChI=1S/C11H16N2O3/c1-4-5-6-12-9(16-13-6)7-8(10(14)15)11(7,2)3/h7-8H,4-5H2,1-3H3,(H,14,15). The van der Waals surface area contributed by atoms with Crippen LogP contribution in [0, 0.1) is 11.3 Å². The van der Waals surface area contributed by atoms with Gasteiger partial charge in [0.15, 0.2) is 5.82 Å². The Hall–Kier alpha value is -1.39. The third-order valence-corrected chi connectivity index (χ3v) is 3.32. The zero-order valence-electron chi connectivity index (χ0n) is 9.73. The van der Waals surface area contributed by atoms with E-state index >= 15 is 0 Å². The van der Waals surface area contributed by atoms with Crippen LogP contribution in [0.1, 0.15) is 44.8 Å². The molecular weight excluding hydrogens is 208 g/mol. The van der Waals surface area contributed by atoms with Gasteiger partial charge in [0.25, 0.3) is 0 Å². The summed E-state index contributed by atoms with van der Waals surface area (Å²) in [7, 11) is 0. The molecule has 5 heteroatoms. The van der Waals surface area contributed by atoms with Crippen LogP contribution in [0.15, 0.2) is 4.52 Å². The molecule has 16 heavy (non-hydrogen) atoms. The first-order chi connectivity index (χ1) is 7.48. The zero-order valence-corrected chi connectivity index (χ0v) is 9.73. The summed E-state index contributed by atoms with van der Waals surface area (Å²) in [6.45, 7) is 5.87. The molecule has 1 aromatic heterocycles. The Morgan fingerprint density at radius 2 is 2.25 bits per heavy atom. The second kappa shape index (κ2) is 3.57. The van der Waals surface area contributed by atoms with Gasteiger partial charge < -0.3 is 9.63 Å². The molecule has 0 saturated heterocycles. The van der Waals surface area contributed by atoms with Crippen LogP contribution < -0.4 is 0 Å². The van der Waals surface area contributed by atoms with E-state index in [2.05, 4.69) is 10.1 Å². The van der Waals surface area contributed by atoms with E-state index in [1.54, 1.807) is 0 Å². The quantitative estimate of drug-likeness (QED) is 0.844. The molecule has 1 fully saturated rings. The van der Waals surface area contributed by atoms with Gasteiger partial charge in [-0.05, 0) is 11.8 Å². The Morgan fingerprint density at radius 3 is 2.75 bits per heavy atom. The zero-order chi connectivity index (χ0) is 11.9. The first kappa shape index (κ1) is 11.1. The molecule has 1 heterocycles. The van der Waals surface area contributed by atoms with Gasteiger partial charge in [-0.2, -0.15) is 4.98 Å². The third-order valence-electron chi connectivity index (χ3n) is 3.32. The van der Waals surface area contributed by atoms with E-state index in [4.69, 9.17) is 9.63 Å². The molecule has 2 unspecified atom stereocenters. The molecule has 0 amide bonds. The second-order valence-corrected chi connectivity index (χ2v) is 4.91. The molecule has 0 bridgehead atoms. The number of aliphatic carboxylic acids is 1. The van der Waals surface area contributed by atoms with Crippen LogP contribution in [-0.4, -0.2) is 21.2 Å². The molecule has 2 rings (SSSR count). The van der Waals surface area contributed by atoms with Crippen molar-refractivity contribution in [3.05, 3.63) is 11.7 Å². The van der Waals surface area contributed by atoms with E-state index in [-0.39, 0.29) is 11.3 Å². The van der Waals surface area contributed by atoms with E-state index in [1.807, 2.05) is 20.8 Å². The van der Waals surface area contributed by atoms with Gasteiger partial charge in [0.05, 0.1) is 11.8 Å². The Bertz CT molecular complexity index is 411. The molecule has 0 spiro atoms. The first-order valence-corrected chi connectivity index (χ1v) is 5.53. The monoisotopic (exact) mass is 224 g/mol. The Kier molecular flexibility index (Phi) is 2.48. The lowest BCUT2D eigenvalue weighted by Gasteiger charge is -1.96. The highest BCUT2D eigenvalue weighted by Gasteiger charge is 2.65. The van der Waals surface area contributed by atoms with Crippen LogP contribution in [0.2, 0.25) is 0 Å². The van der Waals surface area contributed by atoms with Crippen molar-refractivity contribution in [2.75, 3.05) is 0 Å². The number of aryl methyl sites for hydroxylation is 1. The molecule has 1 aliphatic rings. The topological polar surface area (TPSA) is 76.2 Å². The van der Waals surface area contributed by atoms with Crippen LogP contribution in [0.3, 0.4) is 0 Å². The number of rotatable bonds is 4. The Morgan fingerprint density at radius 1 is 1.56 bits per heavy atom. The van der Waals surface area contributed by atoms with Crippen molar-refractivity contribution in [3.63, 3.8) is 0 Å². The van der Waals surface area contributed by atoms with Gasteiger partial charge in [0, 0.05) is 6.42 Å². The highest BCUT2D eigenvalue weighted by atomic mass is 16.5. The van der Waals surface area contributed by atoms with E-state index in [1.165, 1.54) is 0 Å². The van der Waals surface area contributed by atoms with E-state index in [0.717, 1.165) is 12.8 Å². The van der Waals surface area contributed by atoms with Crippen molar-refractivity contribution >= 4 is 5.97 Å². The van der Waals surface area contributed by atoms with Crippen molar-refractivity contribution in [1.82, 2.24) is 10.1 Å². The molecule has 1 saturated carbocycles. The summed E-state index contributed by atoms with van der Waals surface area (Å²) in [5.41, 5.74) is -0.276. The van der Waals surface area contributed by atoms with E-state index in [9.17, 15) is 4.79 Å². The summed E-state index contributed by atoms with van der Waals surface area (Å²) in [4.78, 5) is 15.3. The van der Waals surface area contributed by atoms with Gasteiger partial charge in [-0.15, -0.1) is 0 Å². The number of carboxylic acids is 1. The number of nitrogens with zero attached hydrogens (tertiary/aromatic N) is 2. The maximum absolute atomic E-state index is 11.0. The van der Waals surface area contributed by atoms with Crippen LogP contribution in [0.25, 0.3) is 0 Å². The Balaban J connectivity index is 2.17. The maximum Gasteiger partial charge on any atom is 0.307 e. The van der Waals surface area contributed by atoms with Crippen LogP contribution in [-0.2, 0) is 11.2 Å². The number of hydrogen-bond acceptors (Lipinski definition) is 4. The molecular formula is C11H16N2O3. The molecule has 1 aliphatic carbocycles. The molecule has 1 N–H and O–H groups in total. The van der Waals surface area contributed by atoms with E-state index in [0.29, 0.717) is 11.7 Å². The lowest BCUT2D eigenvalue weighted by Crippen LogP contribution is -2.03. The van der Waals surface area contributed by atoms with Gasteiger partial charge in [-0.3, -0.25) is 4.79 Å². The van der Waals surface area contributed by atoms with Crippen molar-refractivity contribution in [1.29, 1.82) is 0 Å². The molecule has 0 aliphatic heterocycles. The fourth-order valence-corrected chi connectivity index (χ4v) is 2.28. The average Bonchev–Trinajstić information content (AvgIpc) is 2.57. The molecule has 0 aromatic carbocycles. The minimum absolute atomic E-state index is 0.136. The van der Waals surface area contributed by atoms with Crippen molar-refractivity contribution in [2.45, 2.75) is 39.5 Å². The predicted octanol–water partition coefficient (Wildman–Crippen LogP) is 1.85. The van der Waals surface area contributed by atoms with Crippen molar-refractivity contribution in [3.8, 4) is 0 Å². The summed E-state index contributed by atoms with van der Waals surface area (Å²) in [5, 5.41) is 12.9. The van der Waals surface area contributed by atoms with Gasteiger partial charge in [0.1, 0.15) is 0 Å². The van der Waals surface area contributed by atoms with Crippen molar-refractivity contribution in [2.24, 2.45) is 11.3 Å². The minimum atomic E-state index is -0.787. The summed E-state index contributed by atoms with van der Waals surface area (Å²) in [6.07, 6.45) is 1.73. The number of aromatic nitrogens is 2. The van der Waals surface area contributed by atoms with Crippen LogP contribution >= 0.6 is 0 Å². The number of hydrogen-bond donors (Lipinski definition) is 1. The van der Waals surface area contributed by atoms with Gasteiger partial charge in [0.2, 0.25) is 5.89 Å². The summed E-state index contributed by atoms with van der Waals surface area (Å²) < 4.78 is 5.13. The molecule has 0 radical (unpaired) electrons. The summed E-state index contributed by atoms with van der Waals surface area (Å²) >= 11 is 0. The molecule has 5 nitrogen and oxygen atoms in total. The number of carboxylic acid groups (broad SMARTS) is 1. The second-order valence-electron chi connectivity index (χ2n) is 4.91. The van der Waals surface area contributed by atoms with Gasteiger partial charge >= 0.3 is 5.97 Å². The lowest BCUT2D eigenvalue weighted by atomic mass is 10.1. The SMILES string of the molecule is CCCc1noc(C2C(C(=O)O)C2(C)C)n1. The molecule has 1 aromatic rings. The Labute approximate surface area is 93.9 Å². The van der Waals surface area contributed by atoms with Crippen molar-refractivity contribution < 1.29 is 14.4 Å². The molecule has 88 valence electrons. The number of carbonyl (C=O) groups is 1.